The van der Waals surface area contributed by atoms with Gasteiger partial charge in [-0.15, -0.1) is 37.2 Å². The zero-order valence-electron chi connectivity index (χ0n) is 13.5. The van der Waals surface area contributed by atoms with Crippen molar-refractivity contribution in [2.75, 3.05) is 26.2 Å². The fraction of sp³-hybridized carbons (Fsp3) is 0.438. The Morgan fingerprint density at radius 3 is 2.22 bits per heavy atom. The molecule has 1 aromatic carbocycles. The van der Waals surface area contributed by atoms with Gasteiger partial charge in [-0.1, -0.05) is 29.8 Å². The number of piperazine rings is 1. The van der Waals surface area contributed by atoms with E-state index in [1.54, 1.807) is 0 Å². The van der Waals surface area contributed by atoms with Crippen LogP contribution in [0.4, 0.5) is 0 Å². The first-order valence-electron chi connectivity index (χ1n) is 7.28. The van der Waals surface area contributed by atoms with Gasteiger partial charge in [0.15, 0.2) is 0 Å². The lowest BCUT2D eigenvalue weighted by Crippen LogP contribution is -2.43. The second-order valence-corrected chi connectivity index (χ2v) is 5.55. The number of halogens is 3. The van der Waals surface area contributed by atoms with Crippen LogP contribution in [0.25, 0.3) is 11.4 Å². The molecule has 0 aliphatic carbocycles. The number of imidazole rings is 1. The summed E-state index contributed by atoms with van der Waals surface area (Å²) in [5.41, 5.74) is 4.78. The molecule has 0 atom stereocenters. The van der Waals surface area contributed by atoms with E-state index in [1.807, 2.05) is 0 Å². The molecule has 4 nitrogen and oxygen atoms in total. The van der Waals surface area contributed by atoms with E-state index in [-0.39, 0.29) is 37.2 Å². The van der Waals surface area contributed by atoms with Crippen LogP contribution < -0.4 is 5.32 Å². The molecule has 1 saturated heterocycles. The molecule has 0 spiro atoms. The molecular formula is C16H25Cl3N4. The van der Waals surface area contributed by atoms with E-state index in [0.717, 1.165) is 44.1 Å². The molecule has 1 aliphatic rings. The minimum Gasteiger partial charge on any atom is -0.342 e. The number of nitrogens with zero attached hydrogens (tertiary/aromatic N) is 2. The summed E-state index contributed by atoms with van der Waals surface area (Å²) in [6, 6.07) is 8.51. The van der Waals surface area contributed by atoms with Crippen molar-refractivity contribution in [3.8, 4) is 11.4 Å². The maximum Gasteiger partial charge on any atom is 0.137 e. The fourth-order valence-electron chi connectivity index (χ4n) is 2.58. The molecule has 23 heavy (non-hydrogen) atoms. The summed E-state index contributed by atoms with van der Waals surface area (Å²) in [7, 11) is 0. The average molecular weight is 380 g/mol. The smallest absolute Gasteiger partial charge is 0.137 e. The van der Waals surface area contributed by atoms with Gasteiger partial charge in [-0.2, -0.15) is 0 Å². The predicted molar refractivity (Wildman–Crippen MR) is 103 cm³/mol. The van der Waals surface area contributed by atoms with Crippen LogP contribution in [0.2, 0.25) is 0 Å². The summed E-state index contributed by atoms with van der Waals surface area (Å²) in [5, 5.41) is 3.38. The molecule has 0 radical (unpaired) electrons. The maximum atomic E-state index is 4.79. The van der Waals surface area contributed by atoms with Crippen LogP contribution in [0.1, 0.15) is 17.0 Å². The van der Waals surface area contributed by atoms with E-state index in [4.69, 9.17) is 4.98 Å². The van der Waals surface area contributed by atoms with E-state index in [2.05, 4.69) is 53.3 Å². The summed E-state index contributed by atoms with van der Waals surface area (Å²) in [6.45, 7) is 9.52. The molecule has 1 fully saturated rings. The van der Waals surface area contributed by atoms with Crippen molar-refractivity contribution in [2.24, 2.45) is 0 Å². The monoisotopic (exact) mass is 378 g/mol. The number of rotatable bonds is 3. The van der Waals surface area contributed by atoms with Gasteiger partial charge in [0, 0.05) is 44.0 Å². The maximum absolute atomic E-state index is 4.79. The molecule has 2 N–H and O–H groups in total. The van der Waals surface area contributed by atoms with Crippen molar-refractivity contribution in [3.05, 3.63) is 41.2 Å². The normalized spacial score (nSPS) is 14.3. The van der Waals surface area contributed by atoms with Crippen molar-refractivity contribution in [2.45, 2.75) is 20.4 Å². The minimum absolute atomic E-state index is 0. The minimum atomic E-state index is 0. The average Bonchev–Trinajstić information content (AvgIpc) is 2.82. The molecule has 0 saturated carbocycles. The molecule has 2 aromatic rings. The van der Waals surface area contributed by atoms with E-state index in [1.165, 1.54) is 17.0 Å². The van der Waals surface area contributed by atoms with Crippen LogP contribution in [0.15, 0.2) is 24.3 Å². The lowest BCUT2D eigenvalue weighted by Gasteiger charge is -2.26. The van der Waals surface area contributed by atoms with Gasteiger partial charge in [0.1, 0.15) is 5.82 Å². The molecule has 3 rings (SSSR count). The van der Waals surface area contributed by atoms with Crippen LogP contribution in [-0.4, -0.2) is 41.0 Å². The molecule has 1 aliphatic heterocycles. The number of hydrogen-bond donors (Lipinski definition) is 2. The Kier molecular flexibility index (Phi) is 9.82. The largest absolute Gasteiger partial charge is 0.342 e. The Morgan fingerprint density at radius 2 is 1.61 bits per heavy atom. The number of nitrogens with one attached hydrogen (secondary N) is 2. The van der Waals surface area contributed by atoms with Crippen molar-refractivity contribution >= 4 is 37.2 Å². The third kappa shape index (κ3) is 5.66. The molecule has 0 amide bonds. The summed E-state index contributed by atoms with van der Waals surface area (Å²) in [6.07, 6.45) is 0. The quantitative estimate of drug-likeness (QED) is 0.859. The Hall–Kier alpha value is -0.780. The molecule has 0 unspecified atom stereocenters. The van der Waals surface area contributed by atoms with Gasteiger partial charge < -0.3 is 10.3 Å². The summed E-state index contributed by atoms with van der Waals surface area (Å²) in [5.74, 6) is 0.979. The Balaban J connectivity index is 0.00000161. The van der Waals surface area contributed by atoms with Gasteiger partial charge in [-0.05, 0) is 13.8 Å². The van der Waals surface area contributed by atoms with Crippen LogP contribution in [0.3, 0.4) is 0 Å². The van der Waals surface area contributed by atoms with Gasteiger partial charge in [0.25, 0.3) is 0 Å². The van der Waals surface area contributed by atoms with Gasteiger partial charge in [-0.3, -0.25) is 4.90 Å². The standard InChI is InChI=1S/C16H22N4.3ClH/c1-12-3-5-14(6-4-12)16-18-13(2)15(19-16)11-20-9-7-17-8-10-20;;;/h3-6,17H,7-11H2,1-2H3,(H,18,19);3*1H. The second-order valence-electron chi connectivity index (χ2n) is 5.55. The van der Waals surface area contributed by atoms with Gasteiger partial charge >= 0.3 is 0 Å². The highest BCUT2D eigenvalue weighted by molar-refractivity contribution is 5.86. The number of H-pyrrole nitrogens is 1. The number of aryl methyl sites for hydroxylation is 2. The number of aromatic nitrogens is 2. The van der Waals surface area contributed by atoms with E-state index < -0.39 is 0 Å². The van der Waals surface area contributed by atoms with Crippen molar-refractivity contribution in [1.29, 1.82) is 0 Å². The number of aromatic amines is 1. The topological polar surface area (TPSA) is 44.0 Å². The second kappa shape index (κ2) is 10.2. The third-order valence-electron chi connectivity index (χ3n) is 3.89. The summed E-state index contributed by atoms with van der Waals surface area (Å²) >= 11 is 0. The zero-order valence-corrected chi connectivity index (χ0v) is 15.9. The Labute approximate surface area is 156 Å². The molecule has 0 bridgehead atoms. The van der Waals surface area contributed by atoms with Crippen molar-refractivity contribution in [1.82, 2.24) is 20.2 Å². The Morgan fingerprint density at radius 1 is 1.00 bits per heavy atom. The van der Waals surface area contributed by atoms with Crippen LogP contribution in [0.5, 0.6) is 0 Å². The first-order valence-corrected chi connectivity index (χ1v) is 7.28. The number of benzene rings is 1. The van der Waals surface area contributed by atoms with Gasteiger partial charge in [0.05, 0.1) is 5.69 Å². The summed E-state index contributed by atoms with van der Waals surface area (Å²) in [4.78, 5) is 10.7. The SMILES string of the molecule is Cc1ccc(-c2nc(CN3CCNCC3)c(C)[nH]2)cc1.Cl.Cl.Cl. The molecule has 1 aromatic heterocycles. The lowest BCUT2D eigenvalue weighted by atomic mass is 10.1. The van der Waals surface area contributed by atoms with Gasteiger partial charge in [0.2, 0.25) is 0 Å². The van der Waals surface area contributed by atoms with Gasteiger partial charge in [-0.25, -0.2) is 4.98 Å². The molecule has 2 heterocycles. The molecule has 130 valence electrons. The predicted octanol–water partition coefficient (Wildman–Crippen LogP) is 3.36. The Bertz CT molecular complexity index is 578. The van der Waals surface area contributed by atoms with E-state index in [9.17, 15) is 0 Å². The fourth-order valence-corrected chi connectivity index (χ4v) is 2.58. The number of hydrogen-bond acceptors (Lipinski definition) is 3. The first-order chi connectivity index (χ1) is 9.72. The molecule has 7 heteroatoms. The summed E-state index contributed by atoms with van der Waals surface area (Å²) < 4.78 is 0. The molecular weight excluding hydrogens is 355 g/mol. The van der Waals surface area contributed by atoms with Crippen LogP contribution >= 0.6 is 37.2 Å². The lowest BCUT2D eigenvalue weighted by molar-refractivity contribution is 0.230. The van der Waals surface area contributed by atoms with Crippen LogP contribution in [0, 0.1) is 13.8 Å². The highest BCUT2D eigenvalue weighted by atomic mass is 35.5. The third-order valence-corrected chi connectivity index (χ3v) is 3.89. The van der Waals surface area contributed by atoms with E-state index >= 15 is 0 Å². The highest BCUT2D eigenvalue weighted by Gasteiger charge is 2.14. The zero-order chi connectivity index (χ0) is 13.9. The van der Waals surface area contributed by atoms with E-state index in [0.29, 0.717) is 0 Å². The highest BCUT2D eigenvalue weighted by Crippen LogP contribution is 2.19. The van der Waals surface area contributed by atoms with Crippen molar-refractivity contribution in [3.63, 3.8) is 0 Å². The van der Waals surface area contributed by atoms with Crippen LogP contribution in [-0.2, 0) is 6.54 Å². The van der Waals surface area contributed by atoms with Crippen molar-refractivity contribution < 1.29 is 0 Å². The first kappa shape index (κ1) is 22.2.